The number of rotatable bonds is 8. The highest BCUT2D eigenvalue weighted by molar-refractivity contribution is 6.02. The average molecular weight is 455 g/mol. The third-order valence-electron chi connectivity index (χ3n) is 5.04. The van der Waals surface area contributed by atoms with Gasteiger partial charge in [-0.05, 0) is 29.8 Å². The summed E-state index contributed by atoms with van der Waals surface area (Å²) in [5, 5.41) is 18.0. The van der Waals surface area contributed by atoms with Gasteiger partial charge in [0.05, 0.1) is 18.1 Å². The Morgan fingerprint density at radius 3 is 2.82 bits per heavy atom. The molecule has 1 amide bonds. The van der Waals surface area contributed by atoms with Crippen molar-refractivity contribution in [3.8, 4) is 5.75 Å². The van der Waals surface area contributed by atoms with Crippen molar-refractivity contribution in [2.45, 2.75) is 13.3 Å². The standard InChI is InChI=1S/C22H22FN5O5/c23-17-4-5-20(28(30)31)21(13-17)33-15-27-7-6-19(25-27)22(29)24-18-3-1-2-16(12-18)14-26-8-10-32-11-9-26/h1-7,12-13H,8-11,14-15H2,(H,24,29). The van der Waals surface area contributed by atoms with Crippen LogP contribution in [0.4, 0.5) is 15.8 Å². The van der Waals surface area contributed by atoms with Crippen LogP contribution in [0.2, 0.25) is 0 Å². The van der Waals surface area contributed by atoms with Gasteiger partial charge in [0.15, 0.2) is 12.4 Å². The molecule has 2 aromatic carbocycles. The molecule has 0 unspecified atom stereocenters. The number of anilines is 1. The van der Waals surface area contributed by atoms with E-state index in [1.165, 1.54) is 16.9 Å². The first-order chi connectivity index (χ1) is 16.0. The van der Waals surface area contributed by atoms with Crippen LogP contribution in [0.15, 0.2) is 54.7 Å². The average Bonchev–Trinajstić information content (AvgIpc) is 3.28. The quantitative estimate of drug-likeness (QED) is 0.410. The van der Waals surface area contributed by atoms with E-state index >= 15 is 0 Å². The Labute approximate surface area is 188 Å². The van der Waals surface area contributed by atoms with Gasteiger partial charge in [-0.15, -0.1) is 0 Å². The third kappa shape index (κ3) is 5.90. The number of benzene rings is 2. The molecule has 1 aliphatic heterocycles. The summed E-state index contributed by atoms with van der Waals surface area (Å²) in [6.07, 6.45) is 1.49. The third-order valence-corrected chi connectivity index (χ3v) is 5.04. The van der Waals surface area contributed by atoms with Gasteiger partial charge in [-0.1, -0.05) is 12.1 Å². The molecule has 10 nitrogen and oxygen atoms in total. The summed E-state index contributed by atoms with van der Waals surface area (Å²) >= 11 is 0. The molecular formula is C22H22FN5O5. The van der Waals surface area contributed by atoms with Gasteiger partial charge in [-0.3, -0.25) is 19.8 Å². The Kier molecular flexibility index (Phi) is 6.91. The predicted octanol–water partition coefficient (Wildman–Crippen LogP) is 3.05. The zero-order valence-electron chi connectivity index (χ0n) is 17.6. The first-order valence-electron chi connectivity index (χ1n) is 10.3. The number of nitrogens with one attached hydrogen (secondary N) is 1. The lowest BCUT2D eigenvalue weighted by molar-refractivity contribution is -0.386. The fourth-order valence-corrected chi connectivity index (χ4v) is 3.40. The highest BCUT2D eigenvalue weighted by Crippen LogP contribution is 2.27. The molecule has 33 heavy (non-hydrogen) atoms. The van der Waals surface area contributed by atoms with Gasteiger partial charge >= 0.3 is 5.69 Å². The van der Waals surface area contributed by atoms with Gasteiger partial charge in [-0.25, -0.2) is 9.07 Å². The van der Waals surface area contributed by atoms with E-state index in [4.69, 9.17) is 9.47 Å². The van der Waals surface area contributed by atoms with Crippen molar-refractivity contribution in [2.75, 3.05) is 31.6 Å². The van der Waals surface area contributed by atoms with Gasteiger partial charge in [0.25, 0.3) is 5.91 Å². The number of ether oxygens (including phenoxy) is 2. The minimum atomic E-state index is -0.663. The van der Waals surface area contributed by atoms with E-state index in [9.17, 15) is 19.3 Å². The van der Waals surface area contributed by atoms with E-state index in [0.29, 0.717) is 5.69 Å². The number of morpholine rings is 1. The molecule has 0 saturated carbocycles. The Morgan fingerprint density at radius 2 is 2.03 bits per heavy atom. The molecule has 0 bridgehead atoms. The molecule has 172 valence electrons. The number of hydrogen-bond donors (Lipinski definition) is 1. The second-order valence-electron chi connectivity index (χ2n) is 7.43. The zero-order valence-corrected chi connectivity index (χ0v) is 17.6. The number of nitro benzene ring substituents is 1. The first-order valence-corrected chi connectivity index (χ1v) is 10.3. The topological polar surface area (TPSA) is 112 Å². The largest absolute Gasteiger partial charge is 0.464 e. The second kappa shape index (κ2) is 10.2. The van der Waals surface area contributed by atoms with Crippen molar-refractivity contribution in [2.24, 2.45) is 0 Å². The van der Waals surface area contributed by atoms with Crippen LogP contribution in [0, 0.1) is 15.9 Å². The van der Waals surface area contributed by atoms with Crippen LogP contribution < -0.4 is 10.1 Å². The second-order valence-corrected chi connectivity index (χ2v) is 7.43. The van der Waals surface area contributed by atoms with Crippen molar-refractivity contribution < 1.29 is 23.6 Å². The van der Waals surface area contributed by atoms with Crippen LogP contribution in [0.25, 0.3) is 0 Å². The summed E-state index contributed by atoms with van der Waals surface area (Å²) in [6.45, 7) is 3.71. The lowest BCUT2D eigenvalue weighted by atomic mass is 10.2. The monoisotopic (exact) mass is 455 g/mol. The Hall–Kier alpha value is -3.83. The highest BCUT2D eigenvalue weighted by atomic mass is 19.1. The number of halogens is 1. The van der Waals surface area contributed by atoms with Crippen molar-refractivity contribution in [3.63, 3.8) is 0 Å². The molecule has 11 heteroatoms. The summed E-state index contributed by atoms with van der Waals surface area (Å²) in [5.74, 6) is -1.29. The molecule has 0 atom stereocenters. The number of carbonyl (C=O) groups excluding carboxylic acids is 1. The number of aromatic nitrogens is 2. The van der Waals surface area contributed by atoms with Gasteiger partial charge in [0, 0.05) is 43.7 Å². The van der Waals surface area contributed by atoms with E-state index in [1.54, 1.807) is 6.07 Å². The summed E-state index contributed by atoms with van der Waals surface area (Å²) in [7, 11) is 0. The van der Waals surface area contributed by atoms with Crippen LogP contribution >= 0.6 is 0 Å². The van der Waals surface area contributed by atoms with E-state index < -0.39 is 16.6 Å². The summed E-state index contributed by atoms with van der Waals surface area (Å²) < 4.78 is 25.4. The number of carbonyl (C=O) groups is 1. The van der Waals surface area contributed by atoms with E-state index in [0.717, 1.165) is 56.6 Å². The Morgan fingerprint density at radius 1 is 1.21 bits per heavy atom. The lowest BCUT2D eigenvalue weighted by Gasteiger charge is -2.26. The summed E-state index contributed by atoms with van der Waals surface area (Å²) in [5.41, 5.74) is 1.50. The molecule has 1 aliphatic rings. The fourth-order valence-electron chi connectivity index (χ4n) is 3.40. The minimum absolute atomic E-state index is 0.144. The van der Waals surface area contributed by atoms with Crippen molar-refractivity contribution in [1.29, 1.82) is 0 Å². The number of amides is 1. The molecule has 3 aromatic rings. The van der Waals surface area contributed by atoms with E-state index in [2.05, 4.69) is 15.3 Å². The molecule has 1 saturated heterocycles. The van der Waals surface area contributed by atoms with E-state index in [1.807, 2.05) is 18.2 Å². The van der Waals surface area contributed by atoms with Crippen LogP contribution in [0.5, 0.6) is 5.75 Å². The van der Waals surface area contributed by atoms with Gasteiger partial charge in [-0.2, -0.15) is 5.10 Å². The maximum absolute atomic E-state index is 13.4. The number of nitrogens with zero attached hydrogens (tertiary/aromatic N) is 4. The molecule has 1 fully saturated rings. The maximum Gasteiger partial charge on any atom is 0.311 e. The van der Waals surface area contributed by atoms with Crippen molar-refractivity contribution >= 4 is 17.3 Å². The molecule has 4 rings (SSSR count). The summed E-state index contributed by atoms with van der Waals surface area (Å²) in [4.78, 5) is 25.3. The van der Waals surface area contributed by atoms with E-state index in [-0.39, 0.29) is 23.9 Å². The van der Waals surface area contributed by atoms with Gasteiger partial charge in [0.1, 0.15) is 5.82 Å². The molecule has 0 radical (unpaired) electrons. The highest BCUT2D eigenvalue weighted by Gasteiger charge is 2.17. The van der Waals surface area contributed by atoms with Crippen LogP contribution in [0.1, 0.15) is 16.1 Å². The molecule has 2 heterocycles. The molecule has 1 N–H and O–H groups in total. The fraction of sp³-hybridized carbons (Fsp3) is 0.273. The predicted molar refractivity (Wildman–Crippen MR) is 116 cm³/mol. The SMILES string of the molecule is O=C(Nc1cccc(CN2CCOCC2)c1)c1ccn(COc2cc(F)ccc2[N+](=O)[O-])n1. The lowest BCUT2D eigenvalue weighted by Crippen LogP contribution is -2.35. The summed E-state index contributed by atoms with van der Waals surface area (Å²) in [6, 6.07) is 12.0. The molecule has 0 spiro atoms. The van der Waals surface area contributed by atoms with Crippen molar-refractivity contribution in [3.05, 3.63) is 81.9 Å². The zero-order chi connectivity index (χ0) is 23.2. The normalized spacial score (nSPS) is 14.1. The molecular weight excluding hydrogens is 433 g/mol. The number of hydrogen-bond acceptors (Lipinski definition) is 7. The van der Waals surface area contributed by atoms with Crippen LogP contribution in [0.3, 0.4) is 0 Å². The van der Waals surface area contributed by atoms with Crippen LogP contribution in [-0.4, -0.2) is 51.8 Å². The Bertz CT molecular complexity index is 1150. The van der Waals surface area contributed by atoms with Gasteiger partial charge < -0.3 is 14.8 Å². The first kappa shape index (κ1) is 22.4. The minimum Gasteiger partial charge on any atom is -0.464 e. The van der Waals surface area contributed by atoms with Gasteiger partial charge in [0.2, 0.25) is 5.75 Å². The number of nitro groups is 1. The smallest absolute Gasteiger partial charge is 0.311 e. The Balaban J connectivity index is 1.36. The van der Waals surface area contributed by atoms with Crippen LogP contribution in [-0.2, 0) is 18.0 Å². The molecule has 0 aliphatic carbocycles. The molecule has 1 aromatic heterocycles. The van der Waals surface area contributed by atoms with Crippen molar-refractivity contribution in [1.82, 2.24) is 14.7 Å². The maximum atomic E-state index is 13.4.